The molecule has 1 aliphatic rings. The minimum absolute atomic E-state index is 0.156. The summed E-state index contributed by atoms with van der Waals surface area (Å²) in [6, 6.07) is 0.156. The van der Waals surface area contributed by atoms with Gasteiger partial charge in [-0.15, -0.1) is 0 Å². The Balaban J connectivity index is 1.89. The summed E-state index contributed by atoms with van der Waals surface area (Å²) in [5.74, 6) is 0.878. The summed E-state index contributed by atoms with van der Waals surface area (Å²) >= 11 is 0. The lowest BCUT2D eigenvalue weighted by Crippen LogP contribution is -2.47. The fourth-order valence-electron chi connectivity index (χ4n) is 2.61. The number of likely N-dealkylation sites (tertiary alicyclic amines) is 1. The van der Waals surface area contributed by atoms with Crippen molar-refractivity contribution in [2.45, 2.75) is 46.2 Å². The van der Waals surface area contributed by atoms with Gasteiger partial charge in [0.25, 0.3) is 0 Å². The summed E-state index contributed by atoms with van der Waals surface area (Å²) in [5.41, 5.74) is 2.10. The summed E-state index contributed by atoms with van der Waals surface area (Å²) in [5, 5.41) is 6.90. The van der Waals surface area contributed by atoms with Gasteiger partial charge in [-0.25, -0.2) is 4.79 Å². The van der Waals surface area contributed by atoms with Gasteiger partial charge >= 0.3 is 6.09 Å². The number of nitrogens with one attached hydrogen (secondary N) is 1. The summed E-state index contributed by atoms with van der Waals surface area (Å²) in [6.07, 6.45) is 1.74. The molecule has 0 aromatic carbocycles. The van der Waals surface area contributed by atoms with Crippen LogP contribution in [0.4, 0.5) is 4.79 Å². The lowest BCUT2D eigenvalue weighted by Gasteiger charge is -2.32. The van der Waals surface area contributed by atoms with Crippen molar-refractivity contribution in [3.05, 3.63) is 17.0 Å². The van der Waals surface area contributed by atoms with E-state index in [1.54, 1.807) is 0 Å². The maximum absolute atomic E-state index is 11.5. The number of amides is 1. The zero-order chi connectivity index (χ0) is 14.5. The Morgan fingerprint density at radius 1 is 1.55 bits per heavy atom. The number of hydrogen-bond donors (Lipinski definition) is 1. The molecule has 1 unspecified atom stereocenters. The van der Waals surface area contributed by atoms with E-state index < -0.39 is 0 Å². The minimum Gasteiger partial charge on any atom is -0.450 e. The summed E-state index contributed by atoms with van der Waals surface area (Å²) < 4.78 is 10.1. The van der Waals surface area contributed by atoms with Crippen molar-refractivity contribution in [1.29, 1.82) is 0 Å². The molecule has 6 nitrogen and oxygen atoms in total. The van der Waals surface area contributed by atoms with Gasteiger partial charge in [-0.1, -0.05) is 5.16 Å². The van der Waals surface area contributed by atoms with E-state index >= 15 is 0 Å². The van der Waals surface area contributed by atoms with Crippen molar-refractivity contribution in [2.75, 3.05) is 19.7 Å². The van der Waals surface area contributed by atoms with Crippen LogP contribution in [0, 0.1) is 13.8 Å². The van der Waals surface area contributed by atoms with Gasteiger partial charge in [0.1, 0.15) is 5.76 Å². The van der Waals surface area contributed by atoms with Gasteiger partial charge in [0.15, 0.2) is 0 Å². The van der Waals surface area contributed by atoms with E-state index in [9.17, 15) is 4.79 Å². The van der Waals surface area contributed by atoms with Gasteiger partial charge in [-0.2, -0.15) is 0 Å². The van der Waals surface area contributed by atoms with E-state index in [0.29, 0.717) is 6.61 Å². The Hall–Kier alpha value is -1.56. The molecule has 2 heterocycles. The van der Waals surface area contributed by atoms with Crippen LogP contribution in [0.3, 0.4) is 0 Å². The normalized spacial score (nSPS) is 19.9. The van der Waals surface area contributed by atoms with Crippen molar-refractivity contribution in [3.8, 4) is 0 Å². The maximum Gasteiger partial charge on any atom is 0.407 e. The van der Waals surface area contributed by atoms with Crippen LogP contribution in [0.25, 0.3) is 0 Å². The van der Waals surface area contributed by atoms with Crippen LogP contribution in [0.1, 0.15) is 36.8 Å². The molecule has 1 fully saturated rings. The molecule has 1 saturated heterocycles. The number of aryl methyl sites for hydroxylation is 2. The number of rotatable bonds is 4. The maximum atomic E-state index is 11.5. The Morgan fingerprint density at radius 2 is 2.35 bits per heavy atom. The van der Waals surface area contributed by atoms with E-state index in [2.05, 4.69) is 15.4 Å². The average Bonchev–Trinajstić information content (AvgIpc) is 2.71. The largest absolute Gasteiger partial charge is 0.450 e. The molecule has 1 amide bonds. The summed E-state index contributed by atoms with van der Waals surface area (Å²) in [4.78, 5) is 13.8. The highest BCUT2D eigenvalue weighted by Crippen LogP contribution is 2.18. The number of nitrogens with zero attached hydrogens (tertiary/aromatic N) is 2. The molecule has 0 spiro atoms. The van der Waals surface area contributed by atoms with Crippen LogP contribution in [0.5, 0.6) is 0 Å². The first-order valence-corrected chi connectivity index (χ1v) is 7.17. The SMILES string of the molecule is CCOC(=O)NC1CCCN(Cc2c(C)noc2C)C1. The molecule has 1 atom stereocenters. The van der Waals surface area contributed by atoms with Crippen LogP contribution in [-0.4, -0.2) is 41.9 Å². The molecule has 2 rings (SSSR count). The number of alkyl carbamates (subject to hydrolysis) is 1. The quantitative estimate of drug-likeness (QED) is 0.914. The van der Waals surface area contributed by atoms with E-state index in [1.165, 1.54) is 0 Å². The highest BCUT2D eigenvalue weighted by atomic mass is 16.5. The Morgan fingerprint density at radius 3 is 3.00 bits per heavy atom. The first-order valence-electron chi connectivity index (χ1n) is 7.17. The van der Waals surface area contributed by atoms with Crippen molar-refractivity contribution < 1.29 is 14.1 Å². The zero-order valence-electron chi connectivity index (χ0n) is 12.4. The molecule has 6 heteroatoms. The number of ether oxygens (including phenoxy) is 1. The standard InChI is InChI=1S/C14H23N3O3/c1-4-19-14(18)15-12-6-5-7-17(8-12)9-13-10(2)16-20-11(13)3/h12H,4-9H2,1-3H3,(H,15,18). The number of aromatic nitrogens is 1. The number of carbonyl (C=O) groups excluding carboxylic acids is 1. The van der Waals surface area contributed by atoms with Gasteiger partial charge in [0.2, 0.25) is 0 Å². The molecule has 1 aromatic heterocycles. The first-order chi connectivity index (χ1) is 9.60. The van der Waals surface area contributed by atoms with Crippen molar-refractivity contribution >= 4 is 6.09 Å². The molecule has 1 aromatic rings. The summed E-state index contributed by atoms with van der Waals surface area (Å²) in [6.45, 7) is 8.80. The van der Waals surface area contributed by atoms with Gasteiger partial charge in [0, 0.05) is 24.7 Å². The topological polar surface area (TPSA) is 67.6 Å². The molecular formula is C14H23N3O3. The van der Waals surface area contributed by atoms with E-state index in [1.807, 2.05) is 20.8 Å². The molecule has 20 heavy (non-hydrogen) atoms. The monoisotopic (exact) mass is 281 g/mol. The first kappa shape index (κ1) is 14.8. The predicted octanol–water partition coefficient (Wildman–Crippen LogP) is 2.00. The van der Waals surface area contributed by atoms with Gasteiger partial charge < -0.3 is 14.6 Å². The van der Waals surface area contributed by atoms with E-state index in [4.69, 9.17) is 9.26 Å². The molecule has 0 saturated carbocycles. The molecule has 0 radical (unpaired) electrons. The Bertz CT molecular complexity index is 439. The third kappa shape index (κ3) is 3.72. The number of piperidine rings is 1. The lowest BCUT2D eigenvalue weighted by atomic mass is 10.0. The van der Waals surface area contributed by atoms with Crippen LogP contribution < -0.4 is 5.32 Å². The molecule has 1 N–H and O–H groups in total. The number of hydrogen-bond acceptors (Lipinski definition) is 5. The van der Waals surface area contributed by atoms with Gasteiger partial charge in [-0.3, -0.25) is 4.90 Å². The molecular weight excluding hydrogens is 258 g/mol. The van der Waals surface area contributed by atoms with E-state index in [-0.39, 0.29) is 12.1 Å². The van der Waals surface area contributed by atoms with Crippen LogP contribution in [0.15, 0.2) is 4.52 Å². The van der Waals surface area contributed by atoms with Gasteiger partial charge in [-0.05, 0) is 40.2 Å². The second-order valence-corrected chi connectivity index (χ2v) is 5.24. The fourth-order valence-corrected chi connectivity index (χ4v) is 2.61. The summed E-state index contributed by atoms with van der Waals surface area (Å²) in [7, 11) is 0. The highest BCUT2D eigenvalue weighted by Gasteiger charge is 2.23. The Kier molecular flexibility index (Phi) is 5.00. The van der Waals surface area contributed by atoms with Crippen LogP contribution in [-0.2, 0) is 11.3 Å². The zero-order valence-corrected chi connectivity index (χ0v) is 12.4. The smallest absolute Gasteiger partial charge is 0.407 e. The van der Waals surface area contributed by atoms with Crippen molar-refractivity contribution in [2.24, 2.45) is 0 Å². The third-order valence-electron chi connectivity index (χ3n) is 3.67. The second-order valence-electron chi connectivity index (χ2n) is 5.24. The highest BCUT2D eigenvalue weighted by molar-refractivity contribution is 5.67. The van der Waals surface area contributed by atoms with Crippen molar-refractivity contribution in [1.82, 2.24) is 15.4 Å². The van der Waals surface area contributed by atoms with Crippen molar-refractivity contribution in [3.63, 3.8) is 0 Å². The molecule has 0 bridgehead atoms. The van der Waals surface area contributed by atoms with E-state index in [0.717, 1.165) is 49.5 Å². The molecule has 1 aliphatic heterocycles. The second kappa shape index (κ2) is 6.74. The van der Waals surface area contributed by atoms with Crippen LogP contribution >= 0.6 is 0 Å². The molecule has 0 aliphatic carbocycles. The average molecular weight is 281 g/mol. The van der Waals surface area contributed by atoms with Gasteiger partial charge in [0.05, 0.1) is 12.3 Å². The fraction of sp³-hybridized carbons (Fsp3) is 0.714. The molecule has 112 valence electrons. The lowest BCUT2D eigenvalue weighted by molar-refractivity contribution is 0.132. The predicted molar refractivity (Wildman–Crippen MR) is 74.4 cm³/mol. The number of carbonyl (C=O) groups is 1. The van der Waals surface area contributed by atoms with Crippen LogP contribution in [0.2, 0.25) is 0 Å². The Labute approximate surface area is 119 Å². The third-order valence-corrected chi connectivity index (χ3v) is 3.67. The minimum atomic E-state index is -0.323.